The number of hydrogen-bond donors (Lipinski definition) is 1. The lowest BCUT2D eigenvalue weighted by atomic mass is 10.1. The van der Waals surface area contributed by atoms with E-state index in [-0.39, 0.29) is 30.4 Å². The molecule has 2 aromatic rings. The zero-order valence-corrected chi connectivity index (χ0v) is 14.0. The van der Waals surface area contributed by atoms with Crippen LogP contribution in [0.15, 0.2) is 41.0 Å². The highest BCUT2D eigenvalue weighted by molar-refractivity contribution is 5.93. The van der Waals surface area contributed by atoms with Crippen LogP contribution >= 0.6 is 0 Å². The van der Waals surface area contributed by atoms with Crippen molar-refractivity contribution in [3.63, 3.8) is 0 Å². The van der Waals surface area contributed by atoms with Gasteiger partial charge in [0.15, 0.2) is 5.76 Å². The van der Waals surface area contributed by atoms with Crippen molar-refractivity contribution >= 4 is 5.91 Å². The van der Waals surface area contributed by atoms with Crippen LogP contribution in [0.5, 0.6) is 5.75 Å². The molecule has 130 valence electrons. The molecule has 1 aromatic carbocycles. The van der Waals surface area contributed by atoms with Crippen LogP contribution < -0.4 is 10.1 Å². The van der Waals surface area contributed by atoms with E-state index in [1.165, 1.54) is 6.26 Å². The SMILES string of the molecule is CC(NC(=O)c1occc1COc1cccc(C#N)c1)C1CCCO1. The maximum Gasteiger partial charge on any atom is 0.287 e. The molecule has 2 heterocycles. The number of carbonyl (C=O) groups excluding carboxylic acids is 1. The lowest BCUT2D eigenvalue weighted by Gasteiger charge is -2.19. The molecule has 1 aliphatic heterocycles. The highest BCUT2D eigenvalue weighted by atomic mass is 16.5. The van der Waals surface area contributed by atoms with Crippen molar-refractivity contribution < 1.29 is 18.7 Å². The van der Waals surface area contributed by atoms with Gasteiger partial charge in [-0.1, -0.05) is 6.07 Å². The molecule has 2 atom stereocenters. The van der Waals surface area contributed by atoms with Crippen molar-refractivity contribution in [2.24, 2.45) is 0 Å². The first-order valence-electron chi connectivity index (χ1n) is 8.29. The summed E-state index contributed by atoms with van der Waals surface area (Å²) in [4.78, 5) is 12.4. The maximum absolute atomic E-state index is 12.4. The van der Waals surface area contributed by atoms with Crippen molar-refractivity contribution in [2.45, 2.75) is 38.5 Å². The average molecular weight is 340 g/mol. The van der Waals surface area contributed by atoms with E-state index in [0.717, 1.165) is 19.4 Å². The number of nitriles is 1. The Balaban J connectivity index is 1.61. The summed E-state index contributed by atoms with van der Waals surface area (Å²) in [6.45, 7) is 2.86. The fraction of sp³-hybridized carbons (Fsp3) is 0.368. The second kappa shape index (κ2) is 7.86. The third kappa shape index (κ3) is 4.20. The van der Waals surface area contributed by atoms with Gasteiger partial charge in [-0.15, -0.1) is 0 Å². The summed E-state index contributed by atoms with van der Waals surface area (Å²) < 4.78 is 16.6. The number of rotatable bonds is 6. The summed E-state index contributed by atoms with van der Waals surface area (Å²) in [5, 5.41) is 11.8. The quantitative estimate of drug-likeness (QED) is 0.874. The van der Waals surface area contributed by atoms with Gasteiger partial charge in [0.05, 0.1) is 30.0 Å². The number of nitrogens with one attached hydrogen (secondary N) is 1. The van der Waals surface area contributed by atoms with Crippen LogP contribution in [0.25, 0.3) is 0 Å². The molecule has 6 nitrogen and oxygen atoms in total. The molecule has 3 rings (SSSR count). The minimum atomic E-state index is -0.280. The van der Waals surface area contributed by atoms with Crippen LogP contribution in [0.1, 0.15) is 41.4 Å². The Morgan fingerprint density at radius 3 is 3.12 bits per heavy atom. The zero-order valence-electron chi connectivity index (χ0n) is 14.0. The summed E-state index contributed by atoms with van der Waals surface area (Å²) in [6.07, 6.45) is 3.49. The third-order valence-electron chi connectivity index (χ3n) is 4.19. The minimum Gasteiger partial charge on any atom is -0.489 e. The van der Waals surface area contributed by atoms with Gasteiger partial charge in [0, 0.05) is 12.2 Å². The van der Waals surface area contributed by atoms with E-state index in [1.807, 2.05) is 6.92 Å². The van der Waals surface area contributed by atoms with Crippen LogP contribution in [0.3, 0.4) is 0 Å². The van der Waals surface area contributed by atoms with Gasteiger partial charge in [-0.2, -0.15) is 5.26 Å². The van der Waals surface area contributed by atoms with E-state index in [2.05, 4.69) is 11.4 Å². The van der Waals surface area contributed by atoms with Gasteiger partial charge in [0.2, 0.25) is 0 Å². The highest BCUT2D eigenvalue weighted by Gasteiger charge is 2.25. The van der Waals surface area contributed by atoms with Gasteiger partial charge >= 0.3 is 0 Å². The standard InChI is InChI=1S/C19H20N2O4/c1-13(17-6-3-8-23-17)21-19(22)18-15(7-9-24-18)12-25-16-5-2-4-14(10-16)11-20/h2,4-5,7,9-10,13,17H,3,6,8,12H2,1H3,(H,21,22). The van der Waals surface area contributed by atoms with Crippen molar-refractivity contribution in [1.82, 2.24) is 5.32 Å². The fourth-order valence-electron chi connectivity index (χ4n) is 2.83. The lowest BCUT2D eigenvalue weighted by Crippen LogP contribution is -2.41. The smallest absolute Gasteiger partial charge is 0.287 e. The van der Waals surface area contributed by atoms with Crippen molar-refractivity contribution in [2.75, 3.05) is 6.61 Å². The largest absolute Gasteiger partial charge is 0.489 e. The molecule has 0 saturated carbocycles. The number of hydrogen-bond acceptors (Lipinski definition) is 5. The Morgan fingerprint density at radius 1 is 1.48 bits per heavy atom. The van der Waals surface area contributed by atoms with E-state index in [0.29, 0.717) is 16.9 Å². The first-order valence-corrected chi connectivity index (χ1v) is 8.29. The molecule has 6 heteroatoms. The van der Waals surface area contributed by atoms with Gasteiger partial charge in [0.1, 0.15) is 12.4 Å². The average Bonchev–Trinajstić information content (AvgIpc) is 3.31. The molecule has 1 aliphatic rings. The number of furan rings is 1. The van der Waals surface area contributed by atoms with Gasteiger partial charge in [-0.3, -0.25) is 4.79 Å². The van der Waals surface area contributed by atoms with Gasteiger partial charge in [-0.25, -0.2) is 0 Å². The molecule has 2 unspecified atom stereocenters. The van der Waals surface area contributed by atoms with Gasteiger partial charge in [0.25, 0.3) is 5.91 Å². The number of nitrogens with zero attached hydrogens (tertiary/aromatic N) is 1. The van der Waals surface area contributed by atoms with Crippen LogP contribution in [0.4, 0.5) is 0 Å². The van der Waals surface area contributed by atoms with Gasteiger partial charge in [-0.05, 0) is 44.0 Å². The number of benzene rings is 1. The Kier molecular flexibility index (Phi) is 5.36. The second-order valence-corrected chi connectivity index (χ2v) is 6.02. The van der Waals surface area contributed by atoms with E-state index in [4.69, 9.17) is 19.2 Å². The molecular weight excluding hydrogens is 320 g/mol. The molecule has 0 radical (unpaired) electrons. The van der Waals surface area contributed by atoms with Gasteiger partial charge < -0.3 is 19.2 Å². The molecule has 0 spiro atoms. The van der Waals surface area contributed by atoms with Crippen LogP contribution in [-0.4, -0.2) is 24.7 Å². The molecule has 1 N–H and O–H groups in total. The third-order valence-corrected chi connectivity index (χ3v) is 4.19. The van der Waals surface area contributed by atoms with Crippen LogP contribution in [-0.2, 0) is 11.3 Å². The normalized spacial score (nSPS) is 17.7. The summed E-state index contributed by atoms with van der Waals surface area (Å²) in [5.74, 6) is 0.526. The molecule has 1 fully saturated rings. The monoisotopic (exact) mass is 340 g/mol. The molecule has 0 aliphatic carbocycles. The molecule has 0 bridgehead atoms. The molecule has 1 amide bonds. The predicted octanol–water partition coefficient (Wildman–Crippen LogP) is 3.03. The molecular formula is C19H20N2O4. The first-order chi connectivity index (χ1) is 12.2. The lowest BCUT2D eigenvalue weighted by molar-refractivity contribution is 0.0695. The van der Waals surface area contributed by atoms with Crippen molar-refractivity contribution in [3.05, 3.63) is 53.5 Å². The zero-order chi connectivity index (χ0) is 17.6. The van der Waals surface area contributed by atoms with E-state index in [1.54, 1.807) is 30.3 Å². The highest BCUT2D eigenvalue weighted by Crippen LogP contribution is 2.19. The van der Waals surface area contributed by atoms with Crippen molar-refractivity contribution in [1.29, 1.82) is 5.26 Å². The summed E-state index contributed by atoms with van der Waals surface area (Å²) in [7, 11) is 0. The fourth-order valence-corrected chi connectivity index (χ4v) is 2.83. The van der Waals surface area contributed by atoms with E-state index in [9.17, 15) is 4.79 Å². The number of amides is 1. The Labute approximate surface area is 146 Å². The summed E-state index contributed by atoms with van der Waals surface area (Å²) in [6, 6.07) is 10.6. The summed E-state index contributed by atoms with van der Waals surface area (Å²) >= 11 is 0. The van der Waals surface area contributed by atoms with Crippen molar-refractivity contribution in [3.8, 4) is 11.8 Å². The predicted molar refractivity (Wildman–Crippen MR) is 90.1 cm³/mol. The van der Waals surface area contributed by atoms with Crippen LogP contribution in [0.2, 0.25) is 0 Å². The molecule has 1 saturated heterocycles. The number of ether oxygens (including phenoxy) is 2. The topological polar surface area (TPSA) is 84.5 Å². The van der Waals surface area contributed by atoms with E-state index >= 15 is 0 Å². The van der Waals surface area contributed by atoms with E-state index < -0.39 is 0 Å². The second-order valence-electron chi connectivity index (χ2n) is 6.02. The first kappa shape index (κ1) is 17.1. The summed E-state index contributed by atoms with van der Waals surface area (Å²) in [5.41, 5.74) is 1.17. The maximum atomic E-state index is 12.4. The van der Waals surface area contributed by atoms with Crippen LogP contribution in [0, 0.1) is 11.3 Å². The minimum absolute atomic E-state index is 0.0485. The Morgan fingerprint density at radius 2 is 2.36 bits per heavy atom. The Hall–Kier alpha value is -2.78. The Bertz CT molecular complexity index is 772. The molecule has 1 aromatic heterocycles. The number of carbonyl (C=O) groups is 1. The molecule has 25 heavy (non-hydrogen) atoms.